The fourth-order valence-corrected chi connectivity index (χ4v) is 3.25. The van der Waals surface area contributed by atoms with E-state index in [1.54, 1.807) is 6.20 Å². The molecular weight excluding hydrogens is 272 g/mol. The average molecular weight is 288 g/mol. The largest absolute Gasteiger partial charge is 0.326 e. The molecule has 1 aromatic heterocycles. The van der Waals surface area contributed by atoms with Crippen LogP contribution >= 0.6 is 0 Å². The van der Waals surface area contributed by atoms with Crippen LogP contribution in [0.1, 0.15) is 34.6 Å². The molecule has 0 fully saturated rings. The lowest BCUT2D eigenvalue weighted by Gasteiger charge is -2.22. The minimum absolute atomic E-state index is 0.000463. The smallest absolute Gasteiger partial charge is 0.273 e. The molecule has 1 aliphatic rings. The Labute approximate surface area is 129 Å². The van der Waals surface area contributed by atoms with Gasteiger partial charge < -0.3 is 4.90 Å². The maximum atomic E-state index is 13.0. The van der Waals surface area contributed by atoms with Crippen LogP contribution < -0.4 is 0 Å². The summed E-state index contributed by atoms with van der Waals surface area (Å²) in [7, 11) is 0. The van der Waals surface area contributed by atoms with E-state index < -0.39 is 0 Å². The van der Waals surface area contributed by atoms with E-state index in [9.17, 15) is 4.79 Å². The average Bonchev–Trinajstić information content (AvgIpc) is 2.91. The van der Waals surface area contributed by atoms with Crippen molar-refractivity contribution in [2.45, 2.75) is 19.5 Å². The third kappa shape index (κ3) is 1.90. The first kappa shape index (κ1) is 13.0. The number of carbonyl (C=O) groups excluding carboxylic acids is 1. The lowest BCUT2D eigenvalue weighted by Crippen LogP contribution is -2.29. The quantitative estimate of drug-likeness (QED) is 0.679. The van der Waals surface area contributed by atoms with Crippen LogP contribution in [0.4, 0.5) is 0 Å². The minimum atomic E-state index is 0.000463. The highest BCUT2D eigenvalue weighted by molar-refractivity contribution is 6.05. The SMILES string of the molecule is C[C@@H]1c2ccccc2CN1C(=O)c1nccc2ccccc12. The molecule has 0 saturated heterocycles. The molecule has 0 spiro atoms. The summed E-state index contributed by atoms with van der Waals surface area (Å²) < 4.78 is 0. The van der Waals surface area contributed by atoms with E-state index in [0.29, 0.717) is 12.2 Å². The molecule has 22 heavy (non-hydrogen) atoms. The summed E-state index contributed by atoms with van der Waals surface area (Å²) in [6.07, 6.45) is 1.71. The van der Waals surface area contributed by atoms with Gasteiger partial charge in [0, 0.05) is 18.1 Å². The second-order valence-corrected chi connectivity index (χ2v) is 5.69. The van der Waals surface area contributed by atoms with Gasteiger partial charge in [-0.15, -0.1) is 0 Å². The van der Waals surface area contributed by atoms with Crippen LogP contribution in [-0.4, -0.2) is 15.8 Å². The molecule has 3 nitrogen and oxygen atoms in total. The van der Waals surface area contributed by atoms with Gasteiger partial charge in [-0.3, -0.25) is 9.78 Å². The highest BCUT2D eigenvalue weighted by Gasteiger charge is 2.31. The first-order chi connectivity index (χ1) is 10.8. The number of hydrogen-bond acceptors (Lipinski definition) is 2. The van der Waals surface area contributed by atoms with E-state index >= 15 is 0 Å². The van der Waals surface area contributed by atoms with Crippen molar-refractivity contribution in [2.75, 3.05) is 0 Å². The van der Waals surface area contributed by atoms with Gasteiger partial charge in [0.25, 0.3) is 5.91 Å². The lowest BCUT2D eigenvalue weighted by atomic mass is 10.1. The molecule has 1 aliphatic heterocycles. The normalized spacial score (nSPS) is 16.8. The molecule has 0 aliphatic carbocycles. The maximum absolute atomic E-state index is 13.0. The molecule has 1 amide bonds. The third-order valence-corrected chi connectivity index (χ3v) is 4.45. The molecule has 0 radical (unpaired) electrons. The molecule has 3 aromatic rings. The zero-order valence-electron chi connectivity index (χ0n) is 12.4. The number of nitrogens with zero attached hydrogens (tertiary/aromatic N) is 2. The van der Waals surface area contributed by atoms with Crippen LogP contribution in [0.2, 0.25) is 0 Å². The topological polar surface area (TPSA) is 33.2 Å². The maximum Gasteiger partial charge on any atom is 0.273 e. The molecule has 1 atom stereocenters. The molecule has 2 aromatic carbocycles. The fraction of sp³-hybridized carbons (Fsp3) is 0.158. The van der Waals surface area contributed by atoms with E-state index in [1.807, 2.05) is 47.4 Å². The zero-order valence-corrected chi connectivity index (χ0v) is 12.4. The number of rotatable bonds is 1. The molecule has 2 heterocycles. The third-order valence-electron chi connectivity index (χ3n) is 4.45. The van der Waals surface area contributed by atoms with E-state index in [-0.39, 0.29) is 11.9 Å². The molecule has 0 saturated carbocycles. The second-order valence-electron chi connectivity index (χ2n) is 5.69. The number of aromatic nitrogens is 1. The Balaban J connectivity index is 1.77. The number of benzene rings is 2. The summed E-state index contributed by atoms with van der Waals surface area (Å²) >= 11 is 0. The number of hydrogen-bond donors (Lipinski definition) is 0. The summed E-state index contributed by atoms with van der Waals surface area (Å²) in [6, 6.07) is 18.2. The van der Waals surface area contributed by atoms with Gasteiger partial charge in [-0.25, -0.2) is 0 Å². The van der Waals surface area contributed by atoms with Gasteiger partial charge in [0.1, 0.15) is 5.69 Å². The number of pyridine rings is 1. The van der Waals surface area contributed by atoms with Gasteiger partial charge in [-0.2, -0.15) is 0 Å². The molecule has 108 valence electrons. The Bertz CT molecular complexity index is 867. The van der Waals surface area contributed by atoms with E-state index in [0.717, 1.165) is 10.8 Å². The van der Waals surface area contributed by atoms with Gasteiger partial charge in [0.15, 0.2) is 0 Å². The second kappa shape index (κ2) is 4.95. The molecule has 0 N–H and O–H groups in total. The Morgan fingerprint density at radius 2 is 1.86 bits per heavy atom. The number of fused-ring (bicyclic) bond motifs is 2. The van der Waals surface area contributed by atoms with Crippen LogP contribution in [-0.2, 0) is 6.54 Å². The number of carbonyl (C=O) groups is 1. The highest BCUT2D eigenvalue weighted by atomic mass is 16.2. The molecular formula is C19H16N2O. The van der Waals surface area contributed by atoms with Gasteiger partial charge in [0.05, 0.1) is 6.04 Å². The van der Waals surface area contributed by atoms with E-state index in [2.05, 4.69) is 24.0 Å². The lowest BCUT2D eigenvalue weighted by molar-refractivity contribution is 0.0701. The number of amides is 1. The van der Waals surface area contributed by atoms with Gasteiger partial charge in [-0.05, 0) is 29.5 Å². The first-order valence-electron chi connectivity index (χ1n) is 7.48. The predicted octanol–water partition coefficient (Wildman–Crippen LogP) is 3.95. The molecule has 0 unspecified atom stereocenters. The first-order valence-corrected chi connectivity index (χ1v) is 7.48. The Morgan fingerprint density at radius 1 is 1.09 bits per heavy atom. The van der Waals surface area contributed by atoms with Crippen molar-refractivity contribution in [3.63, 3.8) is 0 Å². The summed E-state index contributed by atoms with van der Waals surface area (Å²) in [4.78, 5) is 19.3. The van der Waals surface area contributed by atoms with E-state index in [1.165, 1.54) is 11.1 Å². The molecule has 0 bridgehead atoms. The standard InChI is InChI=1S/C19H16N2O/c1-13-16-8-4-3-7-15(16)12-21(13)19(22)18-17-9-5-2-6-14(17)10-11-20-18/h2-11,13H,12H2,1H3/t13-/m1/s1. The summed E-state index contributed by atoms with van der Waals surface area (Å²) in [5.41, 5.74) is 3.00. The summed E-state index contributed by atoms with van der Waals surface area (Å²) in [5.74, 6) is 0.000463. The van der Waals surface area contributed by atoms with Crippen molar-refractivity contribution in [1.82, 2.24) is 9.88 Å². The van der Waals surface area contributed by atoms with Crippen LogP contribution in [0.5, 0.6) is 0 Å². The zero-order chi connectivity index (χ0) is 15.1. The van der Waals surface area contributed by atoms with Crippen molar-refractivity contribution in [2.24, 2.45) is 0 Å². The van der Waals surface area contributed by atoms with Crippen molar-refractivity contribution in [3.05, 3.63) is 77.6 Å². The van der Waals surface area contributed by atoms with Crippen LogP contribution in [0, 0.1) is 0 Å². The highest BCUT2D eigenvalue weighted by Crippen LogP contribution is 2.34. The van der Waals surface area contributed by atoms with Gasteiger partial charge in [0.2, 0.25) is 0 Å². The minimum Gasteiger partial charge on any atom is -0.326 e. The van der Waals surface area contributed by atoms with E-state index in [4.69, 9.17) is 0 Å². The van der Waals surface area contributed by atoms with Crippen LogP contribution in [0.3, 0.4) is 0 Å². The Hall–Kier alpha value is -2.68. The summed E-state index contributed by atoms with van der Waals surface area (Å²) in [6.45, 7) is 2.73. The Morgan fingerprint density at radius 3 is 2.73 bits per heavy atom. The van der Waals surface area contributed by atoms with Crippen molar-refractivity contribution >= 4 is 16.7 Å². The van der Waals surface area contributed by atoms with Crippen LogP contribution in [0.25, 0.3) is 10.8 Å². The molecule has 3 heteroatoms. The monoisotopic (exact) mass is 288 g/mol. The van der Waals surface area contributed by atoms with Gasteiger partial charge >= 0.3 is 0 Å². The van der Waals surface area contributed by atoms with Crippen molar-refractivity contribution < 1.29 is 4.79 Å². The molecule has 4 rings (SSSR count). The van der Waals surface area contributed by atoms with Gasteiger partial charge in [-0.1, -0.05) is 48.5 Å². The summed E-state index contributed by atoms with van der Waals surface area (Å²) in [5, 5.41) is 1.96. The van der Waals surface area contributed by atoms with Crippen molar-refractivity contribution in [3.8, 4) is 0 Å². The van der Waals surface area contributed by atoms with Crippen molar-refractivity contribution in [1.29, 1.82) is 0 Å². The predicted molar refractivity (Wildman–Crippen MR) is 86.5 cm³/mol. The fourth-order valence-electron chi connectivity index (χ4n) is 3.25. The Kier molecular flexibility index (Phi) is 2.93. The van der Waals surface area contributed by atoms with Crippen LogP contribution in [0.15, 0.2) is 60.8 Å².